The van der Waals surface area contributed by atoms with Gasteiger partial charge in [0.1, 0.15) is 5.69 Å². The zero-order valence-corrected chi connectivity index (χ0v) is 12.2. The second-order valence-corrected chi connectivity index (χ2v) is 5.72. The quantitative estimate of drug-likeness (QED) is 0.735. The second-order valence-electron chi connectivity index (χ2n) is 4.65. The van der Waals surface area contributed by atoms with Gasteiger partial charge in [-0.15, -0.1) is 11.3 Å². The summed E-state index contributed by atoms with van der Waals surface area (Å²) in [4.78, 5) is 9.21. The molecule has 5 heteroatoms. The number of rotatable bonds is 3. The van der Waals surface area contributed by atoms with Gasteiger partial charge in [0.15, 0.2) is 5.82 Å². The number of imidazole rings is 1. The van der Waals surface area contributed by atoms with E-state index >= 15 is 0 Å². The molecule has 0 amide bonds. The highest BCUT2D eigenvalue weighted by molar-refractivity contribution is 7.09. The van der Waals surface area contributed by atoms with Gasteiger partial charge < -0.3 is 4.57 Å². The molecule has 3 aromatic rings. The van der Waals surface area contributed by atoms with Crippen molar-refractivity contribution in [3.05, 3.63) is 34.2 Å². The van der Waals surface area contributed by atoms with Crippen molar-refractivity contribution >= 4 is 22.4 Å². The van der Waals surface area contributed by atoms with E-state index in [9.17, 15) is 0 Å². The molecule has 100 valence electrons. The monoisotopic (exact) mass is 282 g/mol. The third kappa shape index (κ3) is 2.08. The lowest BCUT2D eigenvalue weighted by molar-refractivity contribution is 0.703. The molecule has 2 heterocycles. The molecule has 0 N–H and O–H groups in total. The minimum absolute atomic E-state index is 0.639. The number of nitrogens with zero attached hydrogens (tertiary/aromatic N) is 4. The first-order valence-electron chi connectivity index (χ1n) is 6.56. The number of benzene rings is 1. The highest BCUT2D eigenvalue weighted by Gasteiger charge is 2.14. The maximum atomic E-state index is 9.00. The summed E-state index contributed by atoms with van der Waals surface area (Å²) in [6, 6.07) is 7.81. The van der Waals surface area contributed by atoms with Crippen molar-refractivity contribution in [3.63, 3.8) is 0 Å². The Morgan fingerprint density at radius 1 is 1.35 bits per heavy atom. The molecule has 3 rings (SSSR count). The fourth-order valence-electron chi connectivity index (χ4n) is 2.31. The van der Waals surface area contributed by atoms with E-state index in [1.54, 1.807) is 11.3 Å². The van der Waals surface area contributed by atoms with Crippen LogP contribution < -0.4 is 0 Å². The van der Waals surface area contributed by atoms with Crippen LogP contribution in [0.25, 0.3) is 22.6 Å². The van der Waals surface area contributed by atoms with E-state index in [0.29, 0.717) is 5.56 Å². The van der Waals surface area contributed by atoms with E-state index in [-0.39, 0.29) is 0 Å². The Bertz CT molecular complexity index is 807. The molecule has 0 aliphatic rings. The van der Waals surface area contributed by atoms with Crippen molar-refractivity contribution in [1.82, 2.24) is 14.5 Å². The van der Waals surface area contributed by atoms with E-state index in [1.807, 2.05) is 30.5 Å². The van der Waals surface area contributed by atoms with Gasteiger partial charge >= 0.3 is 0 Å². The lowest BCUT2D eigenvalue weighted by Crippen LogP contribution is -1.99. The molecule has 0 saturated heterocycles. The molecule has 0 fully saturated rings. The van der Waals surface area contributed by atoms with E-state index in [1.165, 1.54) is 0 Å². The van der Waals surface area contributed by atoms with Gasteiger partial charge in [-0.3, -0.25) is 0 Å². The molecule has 1 aromatic carbocycles. The van der Waals surface area contributed by atoms with Crippen molar-refractivity contribution in [2.75, 3.05) is 0 Å². The summed E-state index contributed by atoms with van der Waals surface area (Å²) in [5.41, 5.74) is 3.47. The summed E-state index contributed by atoms with van der Waals surface area (Å²) in [7, 11) is 0. The number of aromatic nitrogens is 3. The van der Waals surface area contributed by atoms with Crippen molar-refractivity contribution in [2.45, 2.75) is 26.8 Å². The van der Waals surface area contributed by atoms with Crippen molar-refractivity contribution in [2.24, 2.45) is 0 Å². The first-order chi connectivity index (χ1) is 9.72. The third-order valence-electron chi connectivity index (χ3n) is 3.17. The fraction of sp³-hybridized carbons (Fsp3) is 0.267. The molecule has 0 bridgehead atoms. The molecule has 0 saturated carbocycles. The Balaban J connectivity index is 2.25. The third-order valence-corrected chi connectivity index (χ3v) is 3.95. The Labute approximate surface area is 121 Å². The minimum Gasteiger partial charge on any atom is -0.323 e. The lowest BCUT2D eigenvalue weighted by atomic mass is 10.2. The molecule has 4 nitrogen and oxygen atoms in total. The molecule has 2 aromatic heterocycles. The number of fused-ring (bicyclic) bond motifs is 1. The van der Waals surface area contributed by atoms with Crippen molar-refractivity contribution < 1.29 is 0 Å². The Morgan fingerprint density at radius 2 is 2.20 bits per heavy atom. The van der Waals surface area contributed by atoms with Crippen LogP contribution in [0.5, 0.6) is 0 Å². The minimum atomic E-state index is 0.639. The van der Waals surface area contributed by atoms with Gasteiger partial charge in [-0.1, -0.05) is 6.92 Å². The highest BCUT2D eigenvalue weighted by Crippen LogP contribution is 2.26. The van der Waals surface area contributed by atoms with Gasteiger partial charge in [-0.25, -0.2) is 9.97 Å². The summed E-state index contributed by atoms with van der Waals surface area (Å²) < 4.78 is 2.19. The maximum absolute atomic E-state index is 9.00. The Morgan fingerprint density at radius 3 is 2.85 bits per heavy atom. The zero-order chi connectivity index (χ0) is 14.1. The first-order valence-corrected chi connectivity index (χ1v) is 7.43. The SMILES string of the molecule is CCCn1c(-c2csc(C)n2)nc2cc(C#N)ccc21. The largest absolute Gasteiger partial charge is 0.323 e. The van der Waals surface area contributed by atoms with E-state index in [0.717, 1.165) is 40.5 Å². The van der Waals surface area contributed by atoms with Crippen LogP contribution in [0.4, 0.5) is 0 Å². The van der Waals surface area contributed by atoms with Crippen LogP contribution in [-0.4, -0.2) is 14.5 Å². The normalized spacial score (nSPS) is 10.8. The van der Waals surface area contributed by atoms with Crippen LogP contribution in [-0.2, 0) is 6.54 Å². The molecule has 20 heavy (non-hydrogen) atoms. The molecule has 0 atom stereocenters. The van der Waals surface area contributed by atoms with Crippen LogP contribution in [0, 0.1) is 18.3 Å². The van der Waals surface area contributed by atoms with Gasteiger partial charge in [0.25, 0.3) is 0 Å². The Hall–Kier alpha value is -2.19. The summed E-state index contributed by atoms with van der Waals surface area (Å²) in [6.07, 6.45) is 1.03. The van der Waals surface area contributed by atoms with Crippen LogP contribution >= 0.6 is 11.3 Å². The lowest BCUT2D eigenvalue weighted by Gasteiger charge is -2.05. The standard InChI is InChI=1S/C15H14N4S/c1-3-6-19-14-5-4-11(8-16)7-12(14)18-15(19)13-9-20-10(2)17-13/h4-5,7,9H,3,6H2,1-2H3. The Kier molecular flexibility index (Phi) is 3.25. The average molecular weight is 282 g/mol. The number of hydrogen-bond donors (Lipinski definition) is 0. The van der Waals surface area contributed by atoms with E-state index in [2.05, 4.69) is 27.5 Å². The van der Waals surface area contributed by atoms with Crippen LogP contribution in [0.15, 0.2) is 23.6 Å². The number of thiazole rings is 1. The number of nitriles is 1. The van der Waals surface area contributed by atoms with Crippen molar-refractivity contribution in [1.29, 1.82) is 5.26 Å². The predicted molar refractivity (Wildman–Crippen MR) is 80.6 cm³/mol. The van der Waals surface area contributed by atoms with Gasteiger partial charge in [-0.2, -0.15) is 5.26 Å². The maximum Gasteiger partial charge on any atom is 0.160 e. The van der Waals surface area contributed by atoms with Crippen LogP contribution in [0.1, 0.15) is 23.9 Å². The summed E-state index contributed by atoms with van der Waals surface area (Å²) in [6.45, 7) is 5.04. The summed E-state index contributed by atoms with van der Waals surface area (Å²) >= 11 is 1.63. The second kappa shape index (κ2) is 5.06. The van der Waals surface area contributed by atoms with Crippen LogP contribution in [0.2, 0.25) is 0 Å². The topological polar surface area (TPSA) is 54.5 Å². The first kappa shape index (κ1) is 12.8. The molecular formula is C15H14N4S. The average Bonchev–Trinajstić information content (AvgIpc) is 3.03. The van der Waals surface area contributed by atoms with E-state index < -0.39 is 0 Å². The van der Waals surface area contributed by atoms with Crippen molar-refractivity contribution in [3.8, 4) is 17.6 Å². The zero-order valence-electron chi connectivity index (χ0n) is 11.4. The van der Waals surface area contributed by atoms with Gasteiger partial charge in [0.2, 0.25) is 0 Å². The number of aryl methyl sites for hydroxylation is 2. The molecule has 0 aliphatic carbocycles. The highest BCUT2D eigenvalue weighted by atomic mass is 32.1. The van der Waals surface area contributed by atoms with Crippen LogP contribution in [0.3, 0.4) is 0 Å². The molecule has 0 spiro atoms. The number of hydrogen-bond acceptors (Lipinski definition) is 4. The van der Waals surface area contributed by atoms with E-state index in [4.69, 9.17) is 5.26 Å². The summed E-state index contributed by atoms with van der Waals surface area (Å²) in [5, 5.41) is 12.1. The van der Waals surface area contributed by atoms with Gasteiger partial charge in [0, 0.05) is 11.9 Å². The smallest absolute Gasteiger partial charge is 0.160 e. The summed E-state index contributed by atoms with van der Waals surface area (Å²) in [5.74, 6) is 0.890. The molecule has 0 aliphatic heterocycles. The fourth-order valence-corrected chi connectivity index (χ4v) is 2.90. The molecule has 0 radical (unpaired) electrons. The molecular weight excluding hydrogens is 268 g/mol. The van der Waals surface area contributed by atoms with Gasteiger partial charge in [-0.05, 0) is 31.5 Å². The molecule has 0 unspecified atom stereocenters. The predicted octanol–water partition coefficient (Wildman–Crippen LogP) is 3.75. The van der Waals surface area contributed by atoms with Gasteiger partial charge in [0.05, 0.1) is 27.7 Å².